The molecule has 0 aliphatic heterocycles. The Labute approximate surface area is 180 Å². The lowest BCUT2D eigenvalue weighted by molar-refractivity contribution is -0.124. The van der Waals surface area contributed by atoms with Gasteiger partial charge in [-0.25, -0.2) is 8.51 Å². The predicted octanol–water partition coefficient (Wildman–Crippen LogP) is 4.23. The molecule has 1 unspecified atom stereocenters. The summed E-state index contributed by atoms with van der Waals surface area (Å²) in [6.45, 7) is 0.602. The lowest BCUT2D eigenvalue weighted by atomic mass is 9.89. The number of benzene rings is 2. The predicted molar refractivity (Wildman–Crippen MR) is 122 cm³/mol. The van der Waals surface area contributed by atoms with Crippen molar-refractivity contribution >= 4 is 39.9 Å². The van der Waals surface area contributed by atoms with Crippen molar-refractivity contribution in [2.75, 3.05) is 12.4 Å². The first kappa shape index (κ1) is 21.6. The van der Waals surface area contributed by atoms with Crippen molar-refractivity contribution in [3.05, 3.63) is 60.2 Å². The van der Waals surface area contributed by atoms with Gasteiger partial charge >= 0.3 is 0 Å². The maximum atomic E-state index is 12.7. The number of thiocarbonyl (C=S) groups is 1. The number of nitrogens with one attached hydrogen (secondary N) is 2. The molecule has 2 aromatic rings. The first-order valence-corrected chi connectivity index (χ1v) is 11.4. The Balaban J connectivity index is 1.51. The van der Waals surface area contributed by atoms with Crippen LogP contribution >= 0.6 is 12.2 Å². The highest BCUT2D eigenvalue weighted by Gasteiger charge is 2.21. The highest BCUT2D eigenvalue weighted by Crippen LogP contribution is 2.23. The maximum Gasteiger partial charge on any atom is 0.229 e. The number of hydrogen-bond acceptors (Lipinski definition) is 3. The molecular formula is C22H27N3O2S2. The van der Waals surface area contributed by atoms with Crippen LogP contribution in [0.1, 0.15) is 37.7 Å². The van der Waals surface area contributed by atoms with E-state index in [2.05, 4.69) is 10.6 Å². The summed E-state index contributed by atoms with van der Waals surface area (Å²) >= 11 is 5.27. The number of hydrogen-bond donors (Lipinski definition) is 2. The Kier molecular flexibility index (Phi) is 7.91. The largest absolute Gasteiger partial charge is 0.332 e. The number of carbonyl (C=O) groups is 1. The minimum absolute atomic E-state index is 0.00228. The zero-order chi connectivity index (χ0) is 20.6. The number of amides is 1. The Hall–Kier alpha value is -2.09. The standard InChI is InChI=1S/C22H27N3O2S2/c1-25(16-17-8-4-2-5-9-17)29(27)20-14-12-19(13-15-20)23-22(28)24-21(26)18-10-6-3-7-11-18/h2,4-5,8-9,12-15,18H,3,6-7,10-11,16H2,1H3,(H2,23,24,26,28). The third-order valence-electron chi connectivity index (χ3n) is 5.06. The summed E-state index contributed by atoms with van der Waals surface area (Å²) in [5.41, 5.74) is 1.87. The molecule has 2 N–H and O–H groups in total. The zero-order valence-electron chi connectivity index (χ0n) is 16.6. The highest BCUT2D eigenvalue weighted by molar-refractivity contribution is 7.82. The normalized spacial score (nSPS) is 15.7. The van der Waals surface area contributed by atoms with Crippen LogP contribution in [0.5, 0.6) is 0 Å². The van der Waals surface area contributed by atoms with Crippen molar-refractivity contribution in [2.24, 2.45) is 5.92 Å². The molecule has 1 aliphatic rings. The molecule has 0 spiro atoms. The van der Waals surface area contributed by atoms with Crippen LogP contribution in [0.2, 0.25) is 0 Å². The van der Waals surface area contributed by atoms with Crippen molar-refractivity contribution in [1.82, 2.24) is 9.62 Å². The van der Waals surface area contributed by atoms with Gasteiger partial charge in [-0.05, 0) is 54.9 Å². The van der Waals surface area contributed by atoms with Gasteiger partial charge in [-0.3, -0.25) is 4.79 Å². The van der Waals surface area contributed by atoms with Gasteiger partial charge in [-0.1, -0.05) is 49.6 Å². The van der Waals surface area contributed by atoms with Crippen LogP contribution in [-0.2, 0) is 22.3 Å². The van der Waals surface area contributed by atoms with Gasteiger partial charge in [0.05, 0.1) is 4.90 Å². The summed E-state index contributed by atoms with van der Waals surface area (Å²) in [6.07, 6.45) is 5.29. The molecule has 7 heteroatoms. The van der Waals surface area contributed by atoms with Crippen LogP contribution in [0.15, 0.2) is 59.5 Å². The second-order valence-electron chi connectivity index (χ2n) is 7.32. The maximum absolute atomic E-state index is 12.7. The molecule has 0 aromatic heterocycles. The number of anilines is 1. The third-order valence-corrected chi connectivity index (χ3v) is 6.63. The van der Waals surface area contributed by atoms with Gasteiger partial charge in [0, 0.05) is 25.2 Å². The Bertz CT molecular complexity index is 850. The number of carbonyl (C=O) groups excluding carboxylic acids is 1. The van der Waals surface area contributed by atoms with Crippen LogP contribution in [0.4, 0.5) is 5.69 Å². The van der Waals surface area contributed by atoms with E-state index < -0.39 is 11.0 Å². The minimum atomic E-state index is -1.26. The molecule has 0 radical (unpaired) electrons. The minimum Gasteiger partial charge on any atom is -0.332 e. The van der Waals surface area contributed by atoms with Crippen LogP contribution < -0.4 is 10.6 Å². The fraction of sp³-hybridized carbons (Fsp3) is 0.364. The van der Waals surface area contributed by atoms with Gasteiger partial charge in [-0.2, -0.15) is 0 Å². The molecule has 5 nitrogen and oxygen atoms in total. The second kappa shape index (κ2) is 10.6. The van der Waals surface area contributed by atoms with Crippen molar-refractivity contribution in [1.29, 1.82) is 0 Å². The SMILES string of the molecule is CN(Cc1ccccc1)S(=O)c1ccc(NC(=S)NC(=O)C2CCCCC2)cc1. The molecule has 1 fully saturated rings. The molecule has 0 saturated heterocycles. The highest BCUT2D eigenvalue weighted by atomic mass is 32.2. The molecule has 154 valence electrons. The lowest BCUT2D eigenvalue weighted by Gasteiger charge is -2.21. The molecule has 0 bridgehead atoms. The molecule has 3 rings (SSSR count). The van der Waals surface area contributed by atoms with Crippen molar-refractivity contribution in [3.63, 3.8) is 0 Å². The molecule has 29 heavy (non-hydrogen) atoms. The summed E-state index contributed by atoms with van der Waals surface area (Å²) in [6, 6.07) is 17.2. The van der Waals surface area contributed by atoms with Crippen molar-refractivity contribution in [3.8, 4) is 0 Å². The van der Waals surface area contributed by atoms with E-state index in [1.165, 1.54) is 6.42 Å². The van der Waals surface area contributed by atoms with Gasteiger partial charge in [0.15, 0.2) is 5.11 Å². The van der Waals surface area contributed by atoms with Gasteiger partial charge in [0.2, 0.25) is 5.91 Å². The Morgan fingerprint density at radius 1 is 1.07 bits per heavy atom. The van der Waals surface area contributed by atoms with Crippen molar-refractivity contribution in [2.45, 2.75) is 43.5 Å². The summed E-state index contributed by atoms with van der Waals surface area (Å²) in [4.78, 5) is 13.0. The van der Waals surface area contributed by atoms with E-state index in [0.717, 1.165) is 36.9 Å². The first-order valence-electron chi connectivity index (χ1n) is 9.92. The first-order chi connectivity index (χ1) is 14.0. The molecule has 1 atom stereocenters. The third kappa shape index (κ3) is 6.45. The van der Waals surface area contributed by atoms with Gasteiger partial charge in [0.1, 0.15) is 11.0 Å². The number of rotatable bonds is 6. The summed E-state index contributed by atoms with van der Waals surface area (Å²) in [5.74, 6) is 0.0657. The van der Waals surface area contributed by atoms with E-state index in [9.17, 15) is 9.00 Å². The van der Waals surface area contributed by atoms with E-state index in [-0.39, 0.29) is 11.8 Å². The topological polar surface area (TPSA) is 61.4 Å². The van der Waals surface area contributed by atoms with E-state index in [0.29, 0.717) is 16.6 Å². The average molecular weight is 430 g/mol. The van der Waals surface area contributed by atoms with E-state index in [4.69, 9.17) is 12.2 Å². The molecule has 0 heterocycles. The number of nitrogens with zero attached hydrogens (tertiary/aromatic N) is 1. The average Bonchev–Trinajstić information content (AvgIpc) is 2.75. The molecular weight excluding hydrogens is 402 g/mol. The summed E-state index contributed by atoms with van der Waals surface area (Å²) < 4.78 is 14.5. The van der Waals surface area contributed by atoms with Crippen LogP contribution in [0.25, 0.3) is 0 Å². The molecule has 1 aliphatic carbocycles. The molecule has 1 amide bonds. The summed E-state index contributed by atoms with van der Waals surface area (Å²) in [7, 11) is 0.579. The molecule has 1 saturated carbocycles. The second-order valence-corrected chi connectivity index (χ2v) is 9.32. The van der Waals surface area contributed by atoms with Crippen molar-refractivity contribution < 1.29 is 9.00 Å². The summed E-state index contributed by atoms with van der Waals surface area (Å²) in [5, 5.41) is 6.13. The van der Waals surface area contributed by atoms with Crippen LogP contribution in [0, 0.1) is 5.92 Å². The smallest absolute Gasteiger partial charge is 0.229 e. The Morgan fingerprint density at radius 3 is 2.38 bits per heavy atom. The quantitative estimate of drug-likeness (QED) is 0.675. The fourth-order valence-electron chi connectivity index (χ4n) is 3.47. The van der Waals surface area contributed by atoms with Gasteiger partial charge < -0.3 is 10.6 Å². The fourth-order valence-corrected chi connectivity index (χ4v) is 4.69. The van der Waals surface area contributed by atoms with Gasteiger partial charge in [-0.15, -0.1) is 0 Å². The lowest BCUT2D eigenvalue weighted by Crippen LogP contribution is -2.38. The molecule has 2 aromatic carbocycles. The van der Waals surface area contributed by atoms with Crippen LogP contribution in [-0.4, -0.2) is 26.6 Å². The van der Waals surface area contributed by atoms with E-state index in [1.54, 1.807) is 4.31 Å². The van der Waals surface area contributed by atoms with E-state index >= 15 is 0 Å². The monoisotopic (exact) mass is 429 g/mol. The van der Waals surface area contributed by atoms with Crippen LogP contribution in [0.3, 0.4) is 0 Å². The van der Waals surface area contributed by atoms with Gasteiger partial charge in [0.25, 0.3) is 0 Å². The zero-order valence-corrected chi connectivity index (χ0v) is 18.2. The van der Waals surface area contributed by atoms with E-state index in [1.807, 2.05) is 61.6 Å². The Morgan fingerprint density at radius 2 is 1.72 bits per heavy atom.